The molecule has 0 aliphatic rings. The van der Waals surface area contributed by atoms with Gasteiger partial charge in [-0.1, -0.05) is 11.3 Å². The van der Waals surface area contributed by atoms with Crippen molar-refractivity contribution in [2.75, 3.05) is 5.73 Å². The van der Waals surface area contributed by atoms with E-state index in [1.807, 2.05) is 11.5 Å². The number of thiazole rings is 1. The maximum atomic E-state index is 10.1. The van der Waals surface area contributed by atoms with Gasteiger partial charge in [0.15, 0.2) is 5.13 Å². The van der Waals surface area contributed by atoms with E-state index < -0.39 is 6.10 Å². The highest BCUT2D eigenvalue weighted by molar-refractivity contribution is 7.15. The number of nitrogens with zero attached hydrogens (tertiary/aromatic N) is 3. The van der Waals surface area contributed by atoms with Crippen LogP contribution in [0, 0.1) is 0 Å². The summed E-state index contributed by atoms with van der Waals surface area (Å²) in [6.45, 7) is 2.78. The van der Waals surface area contributed by atoms with Crippen LogP contribution in [-0.2, 0) is 6.54 Å². The molecular formula is C9H12N4OS. The second-order valence-electron chi connectivity index (χ2n) is 3.11. The minimum absolute atomic E-state index is 0.464. The van der Waals surface area contributed by atoms with Gasteiger partial charge in [0.25, 0.3) is 0 Å². The van der Waals surface area contributed by atoms with Crippen molar-refractivity contribution in [3.63, 3.8) is 0 Å². The van der Waals surface area contributed by atoms with Crippen LogP contribution < -0.4 is 5.73 Å². The number of aliphatic hydroxyl groups excluding tert-OH is 1. The van der Waals surface area contributed by atoms with Gasteiger partial charge in [0.1, 0.15) is 6.10 Å². The van der Waals surface area contributed by atoms with E-state index in [1.54, 1.807) is 18.7 Å². The molecular weight excluding hydrogens is 212 g/mol. The van der Waals surface area contributed by atoms with Crippen molar-refractivity contribution in [1.82, 2.24) is 14.5 Å². The van der Waals surface area contributed by atoms with E-state index in [4.69, 9.17) is 5.73 Å². The summed E-state index contributed by atoms with van der Waals surface area (Å²) in [6.07, 6.45) is 4.26. The number of aromatic nitrogens is 3. The molecule has 2 heterocycles. The first-order valence-corrected chi connectivity index (χ1v) is 5.43. The van der Waals surface area contributed by atoms with Crippen LogP contribution in [-0.4, -0.2) is 19.6 Å². The summed E-state index contributed by atoms with van der Waals surface area (Å²) in [5.41, 5.74) is 6.28. The number of nitrogens with two attached hydrogens (primary N) is 1. The summed E-state index contributed by atoms with van der Waals surface area (Å²) in [5.74, 6) is 0. The molecule has 80 valence electrons. The van der Waals surface area contributed by atoms with Crippen molar-refractivity contribution in [3.8, 4) is 0 Å². The van der Waals surface area contributed by atoms with E-state index in [9.17, 15) is 5.11 Å². The Morgan fingerprint density at radius 1 is 1.60 bits per heavy atom. The fourth-order valence-electron chi connectivity index (χ4n) is 1.40. The molecule has 2 aromatic rings. The molecule has 6 heteroatoms. The first-order chi connectivity index (χ1) is 7.22. The molecule has 0 aliphatic heterocycles. The molecule has 0 saturated carbocycles. The maximum Gasteiger partial charge on any atom is 0.180 e. The van der Waals surface area contributed by atoms with Gasteiger partial charge in [-0.25, -0.2) is 9.97 Å². The molecule has 1 unspecified atom stereocenters. The van der Waals surface area contributed by atoms with Gasteiger partial charge < -0.3 is 15.4 Å². The van der Waals surface area contributed by atoms with Crippen LogP contribution in [0.4, 0.5) is 5.13 Å². The topological polar surface area (TPSA) is 77.0 Å². The highest BCUT2D eigenvalue weighted by atomic mass is 32.1. The number of anilines is 1. The number of hydrogen-bond acceptors (Lipinski definition) is 5. The Morgan fingerprint density at radius 2 is 2.40 bits per heavy atom. The van der Waals surface area contributed by atoms with Crippen LogP contribution in [0.5, 0.6) is 0 Å². The minimum Gasteiger partial charge on any atom is -0.381 e. The van der Waals surface area contributed by atoms with Gasteiger partial charge >= 0.3 is 0 Å². The van der Waals surface area contributed by atoms with Gasteiger partial charge in [0.05, 0.1) is 23.1 Å². The van der Waals surface area contributed by atoms with Gasteiger partial charge in [-0.2, -0.15) is 0 Å². The third kappa shape index (κ3) is 1.86. The maximum absolute atomic E-state index is 10.1. The number of imidazole rings is 1. The molecule has 2 aromatic heterocycles. The summed E-state index contributed by atoms with van der Waals surface area (Å²) in [7, 11) is 0. The van der Waals surface area contributed by atoms with E-state index in [0.29, 0.717) is 5.13 Å². The molecule has 5 nitrogen and oxygen atoms in total. The smallest absolute Gasteiger partial charge is 0.180 e. The van der Waals surface area contributed by atoms with Gasteiger partial charge in [0, 0.05) is 12.7 Å². The molecule has 0 aliphatic carbocycles. The summed E-state index contributed by atoms with van der Waals surface area (Å²) < 4.78 is 1.89. The fourth-order valence-corrected chi connectivity index (χ4v) is 2.08. The van der Waals surface area contributed by atoms with Crippen LogP contribution >= 0.6 is 11.3 Å². The van der Waals surface area contributed by atoms with E-state index in [1.165, 1.54) is 11.3 Å². The van der Waals surface area contributed by atoms with Gasteiger partial charge in [-0.3, -0.25) is 0 Å². The van der Waals surface area contributed by atoms with Crippen LogP contribution in [0.25, 0.3) is 0 Å². The quantitative estimate of drug-likeness (QED) is 0.816. The standard InChI is InChI=1S/C9H12N4OS/c1-2-13-5-11-3-6(13)8(14)7-4-12-9(10)15-7/h3-5,8,14H,2H2,1H3,(H2,10,12). The number of rotatable bonds is 3. The molecule has 0 spiro atoms. The lowest BCUT2D eigenvalue weighted by Crippen LogP contribution is -2.05. The van der Waals surface area contributed by atoms with Crippen molar-refractivity contribution < 1.29 is 5.11 Å². The molecule has 3 N–H and O–H groups in total. The van der Waals surface area contributed by atoms with Crippen molar-refractivity contribution in [1.29, 1.82) is 0 Å². The molecule has 0 fully saturated rings. The second-order valence-corrected chi connectivity index (χ2v) is 4.20. The number of aliphatic hydroxyl groups is 1. The molecule has 2 rings (SSSR count). The number of nitrogen functional groups attached to an aromatic ring is 1. The van der Waals surface area contributed by atoms with E-state index in [2.05, 4.69) is 9.97 Å². The Labute approximate surface area is 91.2 Å². The lowest BCUT2D eigenvalue weighted by Gasteiger charge is -2.09. The number of aryl methyl sites for hydroxylation is 1. The van der Waals surface area contributed by atoms with Gasteiger partial charge in [-0.15, -0.1) is 0 Å². The van der Waals surface area contributed by atoms with E-state index in [0.717, 1.165) is 17.1 Å². The van der Waals surface area contributed by atoms with Gasteiger partial charge in [0.2, 0.25) is 0 Å². The van der Waals surface area contributed by atoms with Crippen molar-refractivity contribution >= 4 is 16.5 Å². The van der Waals surface area contributed by atoms with Crippen LogP contribution in [0.2, 0.25) is 0 Å². The van der Waals surface area contributed by atoms with E-state index in [-0.39, 0.29) is 0 Å². The Morgan fingerprint density at radius 3 is 3.00 bits per heavy atom. The lowest BCUT2D eigenvalue weighted by atomic mass is 10.2. The normalized spacial score (nSPS) is 12.9. The predicted octanol–water partition coefficient (Wildman–Crippen LogP) is 1.02. The first kappa shape index (κ1) is 10.1. The summed E-state index contributed by atoms with van der Waals surface area (Å²) in [5, 5.41) is 10.5. The highest BCUT2D eigenvalue weighted by Crippen LogP contribution is 2.27. The lowest BCUT2D eigenvalue weighted by molar-refractivity contribution is 0.213. The molecule has 0 saturated heterocycles. The van der Waals surface area contributed by atoms with Crippen LogP contribution in [0.15, 0.2) is 18.7 Å². The summed E-state index contributed by atoms with van der Waals surface area (Å²) in [4.78, 5) is 8.65. The van der Waals surface area contributed by atoms with Crippen molar-refractivity contribution in [3.05, 3.63) is 29.3 Å². The molecule has 15 heavy (non-hydrogen) atoms. The molecule has 0 bridgehead atoms. The van der Waals surface area contributed by atoms with Crippen LogP contribution in [0.3, 0.4) is 0 Å². The summed E-state index contributed by atoms with van der Waals surface area (Å²) >= 11 is 1.29. The zero-order chi connectivity index (χ0) is 10.8. The Bertz CT molecular complexity index is 450. The average molecular weight is 224 g/mol. The monoisotopic (exact) mass is 224 g/mol. The Hall–Kier alpha value is -1.40. The minimum atomic E-state index is -0.692. The largest absolute Gasteiger partial charge is 0.381 e. The zero-order valence-electron chi connectivity index (χ0n) is 8.29. The highest BCUT2D eigenvalue weighted by Gasteiger charge is 2.16. The second kappa shape index (κ2) is 4.00. The fraction of sp³-hybridized carbons (Fsp3) is 0.333. The van der Waals surface area contributed by atoms with Gasteiger partial charge in [-0.05, 0) is 6.92 Å². The Balaban J connectivity index is 2.31. The van der Waals surface area contributed by atoms with Crippen molar-refractivity contribution in [2.45, 2.75) is 19.6 Å². The van der Waals surface area contributed by atoms with Crippen molar-refractivity contribution in [2.24, 2.45) is 0 Å². The predicted molar refractivity (Wildman–Crippen MR) is 58.5 cm³/mol. The summed E-state index contributed by atoms with van der Waals surface area (Å²) in [6, 6.07) is 0. The first-order valence-electron chi connectivity index (χ1n) is 4.61. The SMILES string of the molecule is CCn1cncc1C(O)c1cnc(N)s1. The van der Waals surface area contributed by atoms with Crippen LogP contribution in [0.1, 0.15) is 23.6 Å². The molecule has 0 radical (unpaired) electrons. The average Bonchev–Trinajstić information content (AvgIpc) is 2.84. The molecule has 0 aromatic carbocycles. The number of hydrogen-bond donors (Lipinski definition) is 2. The Kier molecular flexibility index (Phi) is 2.70. The molecule has 0 amide bonds. The zero-order valence-corrected chi connectivity index (χ0v) is 9.11. The third-order valence-corrected chi connectivity index (χ3v) is 3.06. The third-order valence-electron chi connectivity index (χ3n) is 2.18. The molecule has 1 atom stereocenters. The van der Waals surface area contributed by atoms with E-state index >= 15 is 0 Å².